The van der Waals surface area contributed by atoms with Gasteiger partial charge in [0.15, 0.2) is 0 Å². The maximum atomic E-state index is 2.50. The van der Waals surface area contributed by atoms with E-state index in [0.29, 0.717) is 0 Å². The number of anilines is 3. The maximum Gasteiger partial charge on any atom is 0.242 e. The minimum Gasteiger partial charge on any atom is -0.310 e. The van der Waals surface area contributed by atoms with Crippen molar-refractivity contribution < 1.29 is 0 Å². The van der Waals surface area contributed by atoms with Gasteiger partial charge in [-0.2, -0.15) is 0 Å². The van der Waals surface area contributed by atoms with Crippen molar-refractivity contribution in [3.8, 4) is 0 Å². The summed E-state index contributed by atoms with van der Waals surface area (Å²) < 4.78 is 0. The van der Waals surface area contributed by atoms with Crippen molar-refractivity contribution in [3.05, 3.63) is 169 Å². The van der Waals surface area contributed by atoms with Gasteiger partial charge in [-0.15, -0.1) is 0 Å². The molecule has 0 radical (unpaired) electrons. The Bertz CT molecular complexity index is 2300. The molecular weight excluding hydrogens is 541 g/mol. The zero-order chi connectivity index (χ0) is 30.1. The molecule has 1 aliphatic heterocycles. The molecule has 0 atom stereocenters. The highest BCUT2D eigenvalue weighted by atomic mass is 15.1. The van der Waals surface area contributed by atoms with E-state index in [0.717, 1.165) is 11.4 Å². The summed E-state index contributed by atoms with van der Waals surface area (Å²) in [6.07, 6.45) is 0. The van der Waals surface area contributed by atoms with Crippen LogP contribution in [0.25, 0.3) is 32.3 Å². The van der Waals surface area contributed by atoms with Crippen LogP contribution in [0.2, 0.25) is 0 Å². The summed E-state index contributed by atoms with van der Waals surface area (Å²) in [5.41, 5.74) is 10.4. The molecule has 0 saturated carbocycles. The first-order chi connectivity index (χ1) is 22.1. The molecule has 2 heteroatoms. The lowest BCUT2D eigenvalue weighted by Crippen LogP contribution is -2.60. The molecule has 8 aromatic rings. The molecule has 0 aromatic heterocycles. The van der Waals surface area contributed by atoms with Crippen LogP contribution in [0.1, 0.15) is 25.0 Å². The Balaban J connectivity index is 1.37. The first kappa shape index (κ1) is 26.1. The molecule has 1 nitrogen and oxygen atoms in total. The smallest absolute Gasteiger partial charge is 0.242 e. The van der Waals surface area contributed by atoms with Crippen LogP contribution in [-0.2, 0) is 5.41 Å². The lowest BCUT2D eigenvalue weighted by Gasteiger charge is -2.40. The van der Waals surface area contributed by atoms with Crippen molar-refractivity contribution in [2.75, 3.05) is 4.90 Å². The molecule has 9 rings (SSSR count). The minimum absolute atomic E-state index is 0.150. The van der Waals surface area contributed by atoms with Crippen molar-refractivity contribution in [1.29, 1.82) is 0 Å². The number of fused-ring (bicyclic) bond motifs is 3. The molecule has 8 aromatic carbocycles. The van der Waals surface area contributed by atoms with Crippen LogP contribution < -0.4 is 21.3 Å². The fourth-order valence-electron chi connectivity index (χ4n) is 8.21. The second kappa shape index (κ2) is 9.84. The Hall–Kier alpha value is -5.34. The van der Waals surface area contributed by atoms with Crippen molar-refractivity contribution in [2.24, 2.45) is 0 Å². The van der Waals surface area contributed by atoms with E-state index >= 15 is 0 Å². The van der Waals surface area contributed by atoms with Crippen LogP contribution in [0.4, 0.5) is 17.1 Å². The normalized spacial score (nSPS) is 13.7. The number of hydrogen-bond donors (Lipinski definition) is 0. The summed E-state index contributed by atoms with van der Waals surface area (Å²) in [5, 5.41) is 7.93. The van der Waals surface area contributed by atoms with Crippen LogP contribution in [-0.4, -0.2) is 6.71 Å². The van der Waals surface area contributed by atoms with Crippen molar-refractivity contribution in [1.82, 2.24) is 0 Å². The van der Waals surface area contributed by atoms with Gasteiger partial charge in [-0.05, 0) is 68.4 Å². The summed E-state index contributed by atoms with van der Waals surface area (Å²) >= 11 is 0. The van der Waals surface area contributed by atoms with E-state index in [1.165, 1.54) is 65.5 Å². The number of benzene rings is 8. The summed E-state index contributed by atoms with van der Waals surface area (Å²) in [7, 11) is 0. The molecule has 0 N–H and O–H groups in total. The second-order valence-corrected chi connectivity index (χ2v) is 12.9. The molecule has 45 heavy (non-hydrogen) atoms. The van der Waals surface area contributed by atoms with E-state index in [1.807, 2.05) is 0 Å². The molecule has 1 heterocycles. The monoisotopic (exact) mass is 573 g/mol. The van der Waals surface area contributed by atoms with Gasteiger partial charge in [0.05, 0.1) is 5.69 Å². The van der Waals surface area contributed by atoms with Crippen LogP contribution >= 0.6 is 0 Å². The SMILES string of the molecule is CC1(C)c2ccccc2B(c2ccccc2)c2cc3ccc4c(N(c5ccccc5)c5ccccc5)ccc5ccc(c21)c3c54. The minimum atomic E-state index is -0.150. The highest BCUT2D eigenvalue weighted by molar-refractivity contribution is 6.96. The van der Waals surface area contributed by atoms with Gasteiger partial charge in [0.2, 0.25) is 6.71 Å². The van der Waals surface area contributed by atoms with E-state index < -0.39 is 0 Å². The molecule has 0 bridgehead atoms. The van der Waals surface area contributed by atoms with E-state index in [1.54, 1.807) is 0 Å². The molecule has 0 spiro atoms. The van der Waals surface area contributed by atoms with Crippen molar-refractivity contribution in [2.45, 2.75) is 19.3 Å². The van der Waals surface area contributed by atoms with Crippen LogP contribution in [0.5, 0.6) is 0 Å². The third-order valence-corrected chi connectivity index (χ3v) is 10.1. The predicted molar refractivity (Wildman–Crippen MR) is 194 cm³/mol. The Labute approximate surface area is 264 Å². The zero-order valence-electron chi connectivity index (χ0n) is 25.5. The highest BCUT2D eigenvalue weighted by Crippen LogP contribution is 2.46. The molecular formula is C43H32BN. The molecule has 1 aliphatic rings. The molecule has 0 saturated heterocycles. The Morgan fingerprint density at radius 1 is 0.489 bits per heavy atom. The number of rotatable bonds is 4. The lowest BCUT2D eigenvalue weighted by molar-refractivity contribution is 0.652. The predicted octanol–water partition coefficient (Wildman–Crippen LogP) is 9.21. The summed E-state index contributed by atoms with van der Waals surface area (Å²) in [6.45, 7) is 5.02. The Morgan fingerprint density at radius 2 is 1.04 bits per heavy atom. The average molecular weight is 574 g/mol. The second-order valence-electron chi connectivity index (χ2n) is 12.9. The summed E-state index contributed by atoms with van der Waals surface area (Å²) in [4.78, 5) is 2.40. The van der Waals surface area contributed by atoms with Crippen molar-refractivity contribution in [3.63, 3.8) is 0 Å². The summed E-state index contributed by atoms with van der Waals surface area (Å²) in [6, 6.07) is 58.2. The van der Waals surface area contributed by atoms with Crippen LogP contribution in [0.3, 0.4) is 0 Å². The topological polar surface area (TPSA) is 3.24 Å². The van der Waals surface area contributed by atoms with E-state index in [-0.39, 0.29) is 12.1 Å². The number of para-hydroxylation sites is 2. The van der Waals surface area contributed by atoms with E-state index in [9.17, 15) is 0 Å². The van der Waals surface area contributed by atoms with Gasteiger partial charge in [-0.1, -0.05) is 158 Å². The third kappa shape index (κ3) is 3.82. The molecule has 0 unspecified atom stereocenters. The Kier molecular flexibility index (Phi) is 5.71. The standard InChI is InChI=1S/C43H32BN/c1-43(2)36-20-12-13-21-37(36)44(31-14-6-3-7-15-31)38-28-30-23-25-34-39(27-24-29-22-26-35(42(38)43)41(30)40(29)34)45(32-16-8-4-9-17-32)33-18-10-5-11-19-33/h3-28H,1-2H3. The van der Waals surface area contributed by atoms with Gasteiger partial charge in [-0.25, -0.2) is 0 Å². The molecule has 0 aliphatic carbocycles. The molecule has 0 fully saturated rings. The fourth-order valence-corrected chi connectivity index (χ4v) is 8.21. The largest absolute Gasteiger partial charge is 0.310 e. The van der Waals surface area contributed by atoms with Gasteiger partial charge >= 0.3 is 0 Å². The third-order valence-electron chi connectivity index (χ3n) is 10.1. The fraction of sp³-hybridized carbons (Fsp3) is 0.0698. The first-order valence-electron chi connectivity index (χ1n) is 15.9. The van der Waals surface area contributed by atoms with Gasteiger partial charge in [0.1, 0.15) is 0 Å². The van der Waals surface area contributed by atoms with Crippen LogP contribution in [0, 0.1) is 0 Å². The molecule has 212 valence electrons. The maximum absolute atomic E-state index is 2.50. The van der Waals surface area contributed by atoms with Gasteiger partial charge in [-0.3, -0.25) is 0 Å². The van der Waals surface area contributed by atoms with Gasteiger partial charge in [0, 0.05) is 22.2 Å². The van der Waals surface area contributed by atoms with Crippen molar-refractivity contribution >= 4 is 72.5 Å². The summed E-state index contributed by atoms with van der Waals surface area (Å²) in [5.74, 6) is 0. The quantitative estimate of drug-likeness (QED) is 0.150. The van der Waals surface area contributed by atoms with Crippen LogP contribution in [0.15, 0.2) is 158 Å². The van der Waals surface area contributed by atoms with E-state index in [2.05, 4.69) is 176 Å². The number of hydrogen-bond acceptors (Lipinski definition) is 1. The van der Waals surface area contributed by atoms with Gasteiger partial charge in [0.25, 0.3) is 0 Å². The zero-order valence-corrected chi connectivity index (χ0v) is 25.5. The lowest BCUT2D eigenvalue weighted by atomic mass is 9.31. The first-order valence-corrected chi connectivity index (χ1v) is 15.9. The average Bonchev–Trinajstić information content (AvgIpc) is 3.09. The van der Waals surface area contributed by atoms with E-state index in [4.69, 9.17) is 0 Å². The Morgan fingerprint density at radius 3 is 1.76 bits per heavy atom. The highest BCUT2D eigenvalue weighted by Gasteiger charge is 2.41. The van der Waals surface area contributed by atoms with Gasteiger partial charge < -0.3 is 4.90 Å². The number of nitrogens with zero attached hydrogens (tertiary/aromatic N) is 1. The molecule has 0 amide bonds.